The van der Waals surface area contributed by atoms with Crippen molar-refractivity contribution in [3.05, 3.63) is 0 Å². The van der Waals surface area contributed by atoms with E-state index in [1.54, 1.807) is 6.92 Å². The highest BCUT2D eigenvalue weighted by molar-refractivity contribution is 5.85. The maximum atomic E-state index is 11.5. The van der Waals surface area contributed by atoms with Gasteiger partial charge in [0.1, 0.15) is 0 Å². The van der Waals surface area contributed by atoms with Crippen LogP contribution in [0.1, 0.15) is 26.7 Å². The first-order chi connectivity index (χ1) is 7.40. The summed E-state index contributed by atoms with van der Waals surface area (Å²) in [6.45, 7) is 3.52. The molecular formula is C10H20N2O4. The van der Waals surface area contributed by atoms with Gasteiger partial charge in [-0.05, 0) is 26.3 Å². The highest BCUT2D eigenvalue weighted by atomic mass is 16.4. The van der Waals surface area contributed by atoms with Gasteiger partial charge in [0.05, 0.1) is 6.10 Å². The first kappa shape index (κ1) is 14.9. The number of carbonyl (C=O) groups is 2. The van der Waals surface area contributed by atoms with E-state index < -0.39 is 18.1 Å². The van der Waals surface area contributed by atoms with Gasteiger partial charge in [-0.1, -0.05) is 6.92 Å². The molecule has 1 amide bonds. The Labute approximate surface area is 94.8 Å². The van der Waals surface area contributed by atoms with E-state index in [2.05, 4.69) is 5.32 Å². The molecule has 1 unspecified atom stereocenters. The second-order valence-corrected chi connectivity index (χ2v) is 3.90. The van der Waals surface area contributed by atoms with E-state index in [0.29, 0.717) is 19.4 Å². The third kappa shape index (κ3) is 5.09. The number of aliphatic hydroxyl groups is 1. The number of nitrogens with two attached hydrogens (primary N) is 1. The maximum Gasteiger partial charge on any atom is 0.328 e. The number of carboxylic acid groups (broad SMARTS) is 1. The lowest BCUT2D eigenvalue weighted by atomic mass is 10.0. The molecule has 0 bridgehead atoms. The maximum absolute atomic E-state index is 11.5. The van der Waals surface area contributed by atoms with Crippen molar-refractivity contribution in [1.82, 2.24) is 5.32 Å². The van der Waals surface area contributed by atoms with Crippen LogP contribution in [0.3, 0.4) is 0 Å². The van der Waals surface area contributed by atoms with Crippen LogP contribution in [0.2, 0.25) is 0 Å². The monoisotopic (exact) mass is 232 g/mol. The fourth-order valence-corrected chi connectivity index (χ4v) is 1.24. The lowest BCUT2D eigenvalue weighted by Crippen LogP contribution is -2.49. The molecule has 0 heterocycles. The van der Waals surface area contributed by atoms with E-state index in [0.717, 1.165) is 0 Å². The van der Waals surface area contributed by atoms with Gasteiger partial charge in [-0.25, -0.2) is 4.79 Å². The number of amides is 1. The van der Waals surface area contributed by atoms with Crippen molar-refractivity contribution in [3.63, 3.8) is 0 Å². The largest absolute Gasteiger partial charge is 0.480 e. The molecule has 6 nitrogen and oxygen atoms in total. The molecule has 16 heavy (non-hydrogen) atoms. The van der Waals surface area contributed by atoms with Crippen molar-refractivity contribution in [3.8, 4) is 0 Å². The molecule has 0 saturated heterocycles. The Morgan fingerprint density at radius 2 is 1.94 bits per heavy atom. The second kappa shape index (κ2) is 7.19. The van der Waals surface area contributed by atoms with Gasteiger partial charge in [0, 0.05) is 5.92 Å². The fraction of sp³-hybridized carbons (Fsp3) is 0.800. The van der Waals surface area contributed by atoms with Crippen LogP contribution >= 0.6 is 0 Å². The van der Waals surface area contributed by atoms with Crippen molar-refractivity contribution in [2.75, 3.05) is 6.54 Å². The molecule has 0 aromatic carbocycles. The summed E-state index contributed by atoms with van der Waals surface area (Å²) in [7, 11) is 0. The molecule has 6 heteroatoms. The zero-order chi connectivity index (χ0) is 12.7. The molecule has 0 rings (SSSR count). The normalized spacial score (nSPS) is 16.2. The molecule has 3 atom stereocenters. The first-order valence-corrected chi connectivity index (χ1v) is 5.31. The number of aliphatic hydroxyl groups excluding tert-OH is 1. The number of nitrogens with one attached hydrogen (secondary N) is 1. The topological polar surface area (TPSA) is 113 Å². The molecule has 0 aliphatic heterocycles. The highest BCUT2D eigenvalue weighted by Gasteiger charge is 2.26. The number of aliphatic carboxylic acids is 1. The molecule has 0 fully saturated rings. The van der Waals surface area contributed by atoms with Gasteiger partial charge in [-0.3, -0.25) is 4.79 Å². The van der Waals surface area contributed by atoms with Crippen molar-refractivity contribution in [2.45, 2.75) is 38.8 Å². The van der Waals surface area contributed by atoms with Crippen molar-refractivity contribution in [1.29, 1.82) is 0 Å². The Morgan fingerprint density at radius 1 is 1.38 bits per heavy atom. The molecular weight excluding hydrogens is 212 g/mol. The molecule has 0 radical (unpaired) electrons. The zero-order valence-electron chi connectivity index (χ0n) is 9.64. The van der Waals surface area contributed by atoms with Crippen molar-refractivity contribution < 1.29 is 19.8 Å². The summed E-state index contributed by atoms with van der Waals surface area (Å²) < 4.78 is 0. The highest BCUT2D eigenvalue weighted by Crippen LogP contribution is 2.06. The van der Waals surface area contributed by atoms with Gasteiger partial charge in [0.25, 0.3) is 0 Å². The first-order valence-electron chi connectivity index (χ1n) is 5.31. The Balaban J connectivity index is 4.24. The lowest BCUT2D eigenvalue weighted by Gasteiger charge is -2.19. The third-order valence-corrected chi connectivity index (χ3v) is 2.34. The van der Waals surface area contributed by atoms with E-state index >= 15 is 0 Å². The van der Waals surface area contributed by atoms with Gasteiger partial charge in [-0.2, -0.15) is 0 Å². The number of hydrogen-bond donors (Lipinski definition) is 4. The summed E-state index contributed by atoms with van der Waals surface area (Å²) >= 11 is 0. The van der Waals surface area contributed by atoms with E-state index in [1.165, 1.54) is 6.92 Å². The van der Waals surface area contributed by atoms with Crippen LogP contribution in [-0.4, -0.2) is 40.8 Å². The summed E-state index contributed by atoms with van der Waals surface area (Å²) in [5.74, 6) is -1.92. The quantitative estimate of drug-likeness (QED) is 0.464. The molecule has 0 aliphatic carbocycles. The minimum atomic E-state index is -1.26. The average Bonchev–Trinajstić information content (AvgIpc) is 2.20. The van der Waals surface area contributed by atoms with Crippen LogP contribution in [-0.2, 0) is 9.59 Å². The molecule has 0 saturated carbocycles. The van der Waals surface area contributed by atoms with Crippen LogP contribution in [0, 0.1) is 5.92 Å². The Morgan fingerprint density at radius 3 is 2.31 bits per heavy atom. The van der Waals surface area contributed by atoms with E-state index in [9.17, 15) is 14.7 Å². The predicted molar refractivity (Wildman–Crippen MR) is 58.7 cm³/mol. The summed E-state index contributed by atoms with van der Waals surface area (Å²) in [5, 5.41) is 20.2. The summed E-state index contributed by atoms with van der Waals surface area (Å²) in [6, 6.07) is -1.26. The Kier molecular flexibility index (Phi) is 6.67. The molecule has 0 aromatic rings. The lowest BCUT2D eigenvalue weighted by molar-refractivity contribution is -0.145. The van der Waals surface area contributed by atoms with Gasteiger partial charge < -0.3 is 21.3 Å². The number of carboxylic acids is 1. The average molecular weight is 232 g/mol. The minimum Gasteiger partial charge on any atom is -0.480 e. The number of hydrogen-bond acceptors (Lipinski definition) is 4. The molecule has 0 aliphatic rings. The van der Waals surface area contributed by atoms with Gasteiger partial charge in [0.2, 0.25) is 5.91 Å². The molecule has 0 aromatic heterocycles. The van der Waals surface area contributed by atoms with Crippen LogP contribution in [0.25, 0.3) is 0 Å². The zero-order valence-corrected chi connectivity index (χ0v) is 9.64. The Hall–Kier alpha value is -1.14. The van der Waals surface area contributed by atoms with E-state index in [4.69, 9.17) is 10.8 Å². The SMILES string of the molecule is CC(CCCN)C(=O)N[C@H](C(=O)O)[C@@H](C)O. The van der Waals surface area contributed by atoms with Crippen molar-refractivity contribution in [2.24, 2.45) is 11.7 Å². The summed E-state index contributed by atoms with van der Waals surface area (Å²) in [5.41, 5.74) is 5.31. The standard InChI is InChI=1S/C10H20N2O4/c1-6(4-3-5-11)9(14)12-8(7(2)13)10(15)16/h6-8,13H,3-5,11H2,1-2H3,(H,12,14)(H,15,16)/t6?,7-,8+/m1/s1. The van der Waals surface area contributed by atoms with E-state index in [1.807, 2.05) is 0 Å². The van der Waals surface area contributed by atoms with Crippen LogP contribution in [0.5, 0.6) is 0 Å². The van der Waals surface area contributed by atoms with Crippen molar-refractivity contribution >= 4 is 11.9 Å². The Bertz CT molecular complexity index is 243. The summed E-state index contributed by atoms with van der Waals surface area (Å²) in [4.78, 5) is 22.3. The number of carbonyl (C=O) groups excluding carboxylic acids is 1. The van der Waals surface area contributed by atoms with Gasteiger partial charge >= 0.3 is 5.97 Å². The van der Waals surface area contributed by atoms with Gasteiger partial charge in [-0.15, -0.1) is 0 Å². The molecule has 94 valence electrons. The van der Waals surface area contributed by atoms with E-state index in [-0.39, 0.29) is 11.8 Å². The fourth-order valence-electron chi connectivity index (χ4n) is 1.24. The van der Waals surface area contributed by atoms with Gasteiger partial charge in [0.15, 0.2) is 6.04 Å². The molecule has 5 N–H and O–H groups in total. The van der Waals surface area contributed by atoms with Crippen LogP contribution in [0.15, 0.2) is 0 Å². The third-order valence-electron chi connectivity index (χ3n) is 2.34. The van der Waals surface area contributed by atoms with Crippen LogP contribution < -0.4 is 11.1 Å². The minimum absolute atomic E-state index is 0.302. The smallest absolute Gasteiger partial charge is 0.328 e. The number of rotatable bonds is 7. The summed E-state index contributed by atoms with van der Waals surface area (Å²) in [6.07, 6.45) is 0.193. The predicted octanol–water partition coefficient (Wildman–Crippen LogP) is -0.688. The molecule has 0 spiro atoms. The van der Waals surface area contributed by atoms with Crippen LogP contribution in [0.4, 0.5) is 0 Å². The second-order valence-electron chi connectivity index (χ2n) is 3.90.